The number of aliphatic imine (C=N–C) groups is 1. The number of rotatable bonds is 5. The van der Waals surface area contributed by atoms with Gasteiger partial charge in [-0.15, -0.1) is 0 Å². The van der Waals surface area contributed by atoms with Crippen molar-refractivity contribution < 1.29 is 0 Å². The van der Waals surface area contributed by atoms with E-state index >= 15 is 0 Å². The predicted octanol–water partition coefficient (Wildman–Crippen LogP) is 5.68. The van der Waals surface area contributed by atoms with E-state index in [9.17, 15) is 0 Å². The van der Waals surface area contributed by atoms with Crippen LogP contribution in [-0.2, 0) is 0 Å². The van der Waals surface area contributed by atoms with Crippen molar-refractivity contribution >= 4 is 6.21 Å². The van der Waals surface area contributed by atoms with E-state index in [2.05, 4.69) is 72.3 Å². The standard InChI is InChI=1S/C27H31N3/c1-20-11-13-23(14-12-20)27(26-10-5-4-7-21(26)2)30-17-15-24(16-18-30)28-19-25-9-6-8-22(3)29-25/h4-14,19,24,27H,15-18H2,1-3H3. The monoisotopic (exact) mass is 397 g/mol. The summed E-state index contributed by atoms with van der Waals surface area (Å²) in [6, 6.07) is 24.6. The summed E-state index contributed by atoms with van der Waals surface area (Å²) in [5.41, 5.74) is 7.43. The van der Waals surface area contributed by atoms with Crippen molar-refractivity contribution in [2.24, 2.45) is 4.99 Å². The summed E-state index contributed by atoms with van der Waals surface area (Å²) < 4.78 is 0. The van der Waals surface area contributed by atoms with E-state index in [1.165, 1.54) is 22.3 Å². The molecule has 4 rings (SSSR count). The summed E-state index contributed by atoms with van der Waals surface area (Å²) >= 11 is 0. The number of pyridine rings is 1. The van der Waals surface area contributed by atoms with Gasteiger partial charge in [0.15, 0.2) is 0 Å². The zero-order valence-corrected chi connectivity index (χ0v) is 18.3. The van der Waals surface area contributed by atoms with Crippen LogP contribution in [0.1, 0.15) is 52.5 Å². The van der Waals surface area contributed by atoms with Crippen LogP contribution in [0.15, 0.2) is 71.7 Å². The van der Waals surface area contributed by atoms with Crippen molar-refractivity contribution in [2.75, 3.05) is 13.1 Å². The molecule has 1 fully saturated rings. The van der Waals surface area contributed by atoms with Crippen molar-refractivity contribution in [3.05, 3.63) is 100 Å². The highest BCUT2D eigenvalue weighted by atomic mass is 15.2. The molecule has 0 N–H and O–H groups in total. The fourth-order valence-electron chi connectivity index (χ4n) is 4.34. The Hall–Kier alpha value is -2.78. The summed E-state index contributed by atoms with van der Waals surface area (Å²) in [7, 11) is 0. The van der Waals surface area contributed by atoms with Crippen molar-refractivity contribution in [1.29, 1.82) is 0 Å². The third-order valence-corrected chi connectivity index (χ3v) is 6.07. The second-order valence-electron chi connectivity index (χ2n) is 8.42. The van der Waals surface area contributed by atoms with Crippen LogP contribution in [0.2, 0.25) is 0 Å². The Morgan fingerprint density at radius 1 is 0.900 bits per heavy atom. The predicted molar refractivity (Wildman–Crippen MR) is 125 cm³/mol. The van der Waals surface area contributed by atoms with Crippen molar-refractivity contribution in [3.63, 3.8) is 0 Å². The van der Waals surface area contributed by atoms with E-state index in [1.54, 1.807) is 0 Å². The van der Waals surface area contributed by atoms with Crippen molar-refractivity contribution in [2.45, 2.75) is 45.7 Å². The van der Waals surface area contributed by atoms with Gasteiger partial charge in [0.2, 0.25) is 0 Å². The topological polar surface area (TPSA) is 28.5 Å². The van der Waals surface area contributed by atoms with E-state index in [1.807, 2.05) is 31.3 Å². The molecule has 0 saturated carbocycles. The van der Waals surface area contributed by atoms with Crippen LogP contribution in [0.5, 0.6) is 0 Å². The molecule has 0 spiro atoms. The number of aromatic nitrogens is 1. The molecule has 1 unspecified atom stereocenters. The third kappa shape index (κ3) is 4.85. The minimum Gasteiger partial charge on any atom is -0.292 e. The lowest BCUT2D eigenvalue weighted by Crippen LogP contribution is -2.38. The molecule has 0 amide bonds. The van der Waals surface area contributed by atoms with Gasteiger partial charge in [-0.1, -0.05) is 60.2 Å². The third-order valence-electron chi connectivity index (χ3n) is 6.07. The van der Waals surface area contributed by atoms with Crippen LogP contribution in [-0.4, -0.2) is 35.2 Å². The maximum absolute atomic E-state index is 4.85. The summed E-state index contributed by atoms with van der Waals surface area (Å²) in [4.78, 5) is 12.0. The molecule has 1 aliphatic heterocycles. The normalized spacial score (nSPS) is 16.8. The van der Waals surface area contributed by atoms with Gasteiger partial charge in [0.25, 0.3) is 0 Å². The SMILES string of the molecule is Cc1ccc(C(c2ccccc2C)N2CCC(N=Cc3cccc(C)n3)CC2)cc1. The highest BCUT2D eigenvalue weighted by Crippen LogP contribution is 2.33. The van der Waals surface area contributed by atoms with Gasteiger partial charge in [-0.25, -0.2) is 0 Å². The van der Waals surface area contributed by atoms with Gasteiger partial charge in [0.1, 0.15) is 0 Å². The summed E-state index contributed by atoms with van der Waals surface area (Å²) in [5, 5.41) is 0. The molecule has 0 bridgehead atoms. The minimum absolute atomic E-state index is 0.301. The average Bonchev–Trinajstić information content (AvgIpc) is 2.76. The molecule has 3 heteroatoms. The lowest BCUT2D eigenvalue weighted by Gasteiger charge is -2.37. The van der Waals surface area contributed by atoms with E-state index in [-0.39, 0.29) is 0 Å². The number of likely N-dealkylation sites (tertiary alicyclic amines) is 1. The number of hydrogen-bond donors (Lipinski definition) is 0. The van der Waals surface area contributed by atoms with Gasteiger partial charge < -0.3 is 0 Å². The van der Waals surface area contributed by atoms with Crippen LogP contribution in [0.25, 0.3) is 0 Å². The zero-order chi connectivity index (χ0) is 20.9. The quantitative estimate of drug-likeness (QED) is 0.518. The largest absolute Gasteiger partial charge is 0.292 e. The Balaban J connectivity index is 1.51. The van der Waals surface area contributed by atoms with Crippen molar-refractivity contribution in [3.8, 4) is 0 Å². The van der Waals surface area contributed by atoms with E-state index < -0.39 is 0 Å². The van der Waals surface area contributed by atoms with Gasteiger partial charge in [-0.3, -0.25) is 14.9 Å². The smallest absolute Gasteiger partial charge is 0.0811 e. The molecule has 1 aromatic heterocycles. The van der Waals surface area contributed by atoms with E-state index in [0.29, 0.717) is 12.1 Å². The maximum Gasteiger partial charge on any atom is 0.0811 e. The lowest BCUT2D eigenvalue weighted by molar-refractivity contribution is 0.175. The molecule has 2 heterocycles. The fraction of sp³-hybridized carbons (Fsp3) is 0.333. The number of nitrogens with zero attached hydrogens (tertiary/aromatic N) is 3. The van der Waals surface area contributed by atoms with Crippen LogP contribution in [0, 0.1) is 20.8 Å². The lowest BCUT2D eigenvalue weighted by atomic mass is 9.91. The summed E-state index contributed by atoms with van der Waals surface area (Å²) in [6.07, 6.45) is 4.11. The Morgan fingerprint density at radius 3 is 2.33 bits per heavy atom. The van der Waals surface area contributed by atoms with Gasteiger partial charge in [0.05, 0.1) is 17.8 Å². The Bertz CT molecular complexity index is 999. The second kappa shape index (κ2) is 9.36. The fourth-order valence-corrected chi connectivity index (χ4v) is 4.34. The maximum atomic E-state index is 4.85. The van der Waals surface area contributed by atoms with Gasteiger partial charge in [-0.2, -0.15) is 0 Å². The van der Waals surface area contributed by atoms with E-state index in [4.69, 9.17) is 4.99 Å². The first-order valence-corrected chi connectivity index (χ1v) is 10.9. The molecule has 1 atom stereocenters. The van der Waals surface area contributed by atoms with Crippen LogP contribution < -0.4 is 0 Å². The summed E-state index contributed by atoms with van der Waals surface area (Å²) in [5.74, 6) is 0. The Kier molecular flexibility index (Phi) is 6.39. The Morgan fingerprint density at radius 2 is 1.63 bits per heavy atom. The molecule has 1 saturated heterocycles. The first-order chi connectivity index (χ1) is 14.6. The Labute approximate surface area is 180 Å². The second-order valence-corrected chi connectivity index (χ2v) is 8.42. The molecular formula is C27H31N3. The van der Waals surface area contributed by atoms with Gasteiger partial charge in [0, 0.05) is 25.0 Å². The van der Waals surface area contributed by atoms with Gasteiger partial charge in [-0.05, 0) is 62.4 Å². The molecule has 30 heavy (non-hydrogen) atoms. The zero-order valence-electron chi connectivity index (χ0n) is 18.3. The molecule has 3 nitrogen and oxygen atoms in total. The van der Waals surface area contributed by atoms with Crippen LogP contribution in [0.3, 0.4) is 0 Å². The first-order valence-electron chi connectivity index (χ1n) is 10.9. The van der Waals surface area contributed by atoms with Gasteiger partial charge >= 0.3 is 0 Å². The summed E-state index contributed by atoms with van der Waals surface area (Å²) in [6.45, 7) is 8.50. The first kappa shape index (κ1) is 20.5. The number of piperidine rings is 1. The van der Waals surface area contributed by atoms with Crippen LogP contribution in [0.4, 0.5) is 0 Å². The number of benzene rings is 2. The highest BCUT2D eigenvalue weighted by Gasteiger charge is 2.27. The molecule has 3 aromatic rings. The minimum atomic E-state index is 0.301. The molecular weight excluding hydrogens is 366 g/mol. The molecule has 1 aliphatic rings. The van der Waals surface area contributed by atoms with Crippen LogP contribution >= 0.6 is 0 Å². The molecule has 154 valence electrons. The number of hydrogen-bond acceptors (Lipinski definition) is 3. The van der Waals surface area contributed by atoms with E-state index in [0.717, 1.165) is 37.3 Å². The van der Waals surface area contributed by atoms with Crippen molar-refractivity contribution in [1.82, 2.24) is 9.88 Å². The average molecular weight is 398 g/mol. The molecule has 0 aliphatic carbocycles. The molecule has 2 aromatic carbocycles. The number of aryl methyl sites for hydroxylation is 3. The molecule has 0 radical (unpaired) electrons. The highest BCUT2D eigenvalue weighted by molar-refractivity contribution is 5.77.